The van der Waals surface area contributed by atoms with Crippen LogP contribution in [0.3, 0.4) is 0 Å². The molecule has 1 unspecified atom stereocenters. The molecule has 1 heterocycles. The minimum Gasteiger partial charge on any atom is -0.350 e. The van der Waals surface area contributed by atoms with Gasteiger partial charge in [-0.2, -0.15) is 30.4 Å². The van der Waals surface area contributed by atoms with Gasteiger partial charge in [-0.25, -0.2) is 0 Å². The van der Waals surface area contributed by atoms with Crippen molar-refractivity contribution in [3.63, 3.8) is 0 Å². The van der Waals surface area contributed by atoms with Crippen LogP contribution in [0.1, 0.15) is 25.3 Å². The fourth-order valence-electron chi connectivity index (χ4n) is 2.57. The third kappa shape index (κ3) is 6.21. The SMILES string of the molecule is C=Cc1ccc(NC(=O)C(F)(F)S(=O)(=O)OC(CC2(C)OCCCO2)C(F)(F)F)cc1. The number of rotatable bonds is 8. The van der Waals surface area contributed by atoms with Crippen LogP contribution >= 0.6 is 0 Å². The Hall–Kier alpha value is -2.09. The lowest BCUT2D eigenvalue weighted by molar-refractivity contribution is -0.288. The summed E-state index contributed by atoms with van der Waals surface area (Å²) in [5, 5.41) is -3.69. The summed E-state index contributed by atoms with van der Waals surface area (Å²) in [7, 11) is -6.34. The number of alkyl halides is 5. The molecule has 174 valence electrons. The topological polar surface area (TPSA) is 90.9 Å². The van der Waals surface area contributed by atoms with Crippen LogP contribution < -0.4 is 5.32 Å². The van der Waals surface area contributed by atoms with Crippen molar-refractivity contribution >= 4 is 27.8 Å². The van der Waals surface area contributed by atoms with E-state index in [1.54, 1.807) is 5.32 Å². The molecule has 1 atom stereocenters. The van der Waals surface area contributed by atoms with Crippen molar-refractivity contribution in [2.45, 2.75) is 43.1 Å². The minimum atomic E-state index is -6.34. The van der Waals surface area contributed by atoms with Crippen LogP contribution in [0.5, 0.6) is 0 Å². The maximum atomic E-state index is 14.3. The van der Waals surface area contributed by atoms with E-state index in [2.05, 4.69) is 10.8 Å². The van der Waals surface area contributed by atoms with Gasteiger partial charge in [0.2, 0.25) is 0 Å². The van der Waals surface area contributed by atoms with E-state index in [0.717, 1.165) is 6.92 Å². The van der Waals surface area contributed by atoms with Gasteiger partial charge in [0.15, 0.2) is 11.9 Å². The van der Waals surface area contributed by atoms with Gasteiger partial charge >= 0.3 is 27.5 Å². The number of hydrogen-bond acceptors (Lipinski definition) is 6. The third-order valence-electron chi connectivity index (χ3n) is 4.25. The molecular formula is C18H20F5NO6S. The van der Waals surface area contributed by atoms with Crippen molar-refractivity contribution < 1.29 is 48.8 Å². The summed E-state index contributed by atoms with van der Waals surface area (Å²) in [6, 6.07) is 5.12. The summed E-state index contributed by atoms with van der Waals surface area (Å²) >= 11 is 0. The first-order valence-corrected chi connectivity index (χ1v) is 10.3. The number of ether oxygens (including phenoxy) is 2. The highest BCUT2D eigenvalue weighted by Crippen LogP contribution is 2.37. The van der Waals surface area contributed by atoms with Crippen molar-refractivity contribution in [3.05, 3.63) is 36.4 Å². The molecule has 1 aromatic rings. The van der Waals surface area contributed by atoms with E-state index in [-0.39, 0.29) is 18.9 Å². The Morgan fingerprint density at radius 3 is 2.26 bits per heavy atom. The first-order valence-electron chi connectivity index (χ1n) is 8.89. The summed E-state index contributed by atoms with van der Waals surface area (Å²) in [5.74, 6) is -4.28. The maximum absolute atomic E-state index is 14.3. The molecule has 0 radical (unpaired) electrons. The molecule has 2 rings (SSSR count). The summed E-state index contributed by atoms with van der Waals surface area (Å²) in [6.07, 6.45) is -8.02. The Morgan fingerprint density at radius 1 is 1.23 bits per heavy atom. The Balaban J connectivity index is 2.20. The maximum Gasteiger partial charge on any atom is 0.447 e. The average Bonchev–Trinajstić information content (AvgIpc) is 2.67. The molecule has 1 amide bonds. The van der Waals surface area contributed by atoms with Crippen molar-refractivity contribution in [1.82, 2.24) is 0 Å². The molecule has 1 fully saturated rings. The molecule has 0 saturated carbocycles. The highest BCUT2D eigenvalue weighted by Gasteiger charge is 2.58. The van der Waals surface area contributed by atoms with E-state index in [0.29, 0.717) is 12.0 Å². The number of nitrogens with one attached hydrogen (secondary N) is 1. The first kappa shape index (κ1) is 25.2. The molecule has 1 N–H and O–H groups in total. The van der Waals surface area contributed by atoms with Crippen LogP contribution in [0, 0.1) is 0 Å². The highest BCUT2D eigenvalue weighted by atomic mass is 32.2. The van der Waals surface area contributed by atoms with Gasteiger partial charge in [-0.1, -0.05) is 24.8 Å². The molecule has 1 aromatic carbocycles. The summed E-state index contributed by atoms with van der Waals surface area (Å²) in [4.78, 5) is 11.8. The smallest absolute Gasteiger partial charge is 0.350 e. The van der Waals surface area contributed by atoms with Gasteiger partial charge < -0.3 is 14.8 Å². The quantitative estimate of drug-likeness (QED) is 0.458. The lowest BCUT2D eigenvalue weighted by Crippen LogP contribution is -2.50. The van der Waals surface area contributed by atoms with Crippen molar-refractivity contribution in [2.24, 2.45) is 0 Å². The molecule has 1 aliphatic heterocycles. The monoisotopic (exact) mass is 473 g/mol. The lowest BCUT2D eigenvalue weighted by atomic mass is 10.1. The second-order valence-corrected chi connectivity index (χ2v) is 8.38. The highest BCUT2D eigenvalue weighted by molar-refractivity contribution is 7.88. The van der Waals surface area contributed by atoms with E-state index in [1.807, 2.05) is 0 Å². The normalized spacial score (nSPS) is 18.3. The number of carbonyl (C=O) groups excluding carboxylic acids is 1. The molecule has 1 saturated heterocycles. The Kier molecular flexibility index (Phi) is 7.46. The van der Waals surface area contributed by atoms with Crippen molar-refractivity contribution in [3.8, 4) is 0 Å². The van der Waals surface area contributed by atoms with Gasteiger partial charge in [-0.05, 0) is 31.0 Å². The predicted molar refractivity (Wildman–Crippen MR) is 99.5 cm³/mol. The van der Waals surface area contributed by atoms with Crippen LogP contribution in [-0.4, -0.2) is 50.9 Å². The van der Waals surface area contributed by atoms with E-state index in [4.69, 9.17) is 9.47 Å². The second kappa shape index (κ2) is 9.18. The zero-order valence-electron chi connectivity index (χ0n) is 16.2. The lowest BCUT2D eigenvalue weighted by Gasteiger charge is -2.36. The Morgan fingerprint density at radius 2 is 1.77 bits per heavy atom. The zero-order chi connectivity index (χ0) is 23.5. The van der Waals surface area contributed by atoms with Crippen LogP contribution in [0.15, 0.2) is 30.8 Å². The van der Waals surface area contributed by atoms with Gasteiger partial charge in [-0.15, -0.1) is 0 Å². The average molecular weight is 473 g/mol. The second-order valence-electron chi connectivity index (χ2n) is 6.77. The molecule has 1 aliphatic rings. The van der Waals surface area contributed by atoms with Gasteiger partial charge in [0.05, 0.1) is 13.2 Å². The molecule has 0 aliphatic carbocycles. The van der Waals surface area contributed by atoms with Gasteiger partial charge in [0, 0.05) is 12.1 Å². The molecule has 13 heteroatoms. The fraction of sp³-hybridized carbons (Fsp3) is 0.500. The van der Waals surface area contributed by atoms with Gasteiger partial charge in [0.1, 0.15) is 0 Å². The first-order chi connectivity index (χ1) is 14.2. The van der Waals surface area contributed by atoms with Crippen molar-refractivity contribution in [1.29, 1.82) is 0 Å². The minimum absolute atomic E-state index is 0.0248. The molecule has 0 aromatic heterocycles. The number of anilines is 1. The van der Waals surface area contributed by atoms with Crippen LogP contribution in [0.2, 0.25) is 0 Å². The van der Waals surface area contributed by atoms with Gasteiger partial charge in [0.25, 0.3) is 0 Å². The summed E-state index contributed by atoms with van der Waals surface area (Å²) in [5.41, 5.74) is 0.365. The molecule has 0 bridgehead atoms. The predicted octanol–water partition coefficient (Wildman–Crippen LogP) is 3.68. The number of benzene rings is 1. The zero-order valence-corrected chi connectivity index (χ0v) is 17.1. The van der Waals surface area contributed by atoms with Crippen LogP contribution in [0.4, 0.5) is 27.6 Å². The number of hydrogen-bond donors (Lipinski definition) is 1. The van der Waals surface area contributed by atoms with E-state index < -0.39 is 45.8 Å². The Labute approximate surface area is 175 Å². The summed E-state index contributed by atoms with van der Waals surface area (Å²) in [6.45, 7) is 4.62. The van der Waals surface area contributed by atoms with Gasteiger partial charge in [-0.3, -0.25) is 8.98 Å². The van der Waals surface area contributed by atoms with Crippen LogP contribution in [0.25, 0.3) is 6.08 Å². The number of halogens is 5. The summed E-state index contributed by atoms with van der Waals surface area (Å²) < 4.78 is 106. The molecular weight excluding hydrogens is 453 g/mol. The number of amides is 1. The molecule has 0 spiro atoms. The Bertz CT molecular complexity index is 895. The molecule has 7 nitrogen and oxygen atoms in total. The standard InChI is InChI=1S/C18H20F5NO6S/c1-3-12-5-7-13(8-6-12)24-15(25)18(22,23)31(26,27)30-14(17(19,20)21)11-16(2)28-9-4-10-29-16/h3,5-8,14H,1,4,9-11H2,2H3,(H,24,25). The van der Waals surface area contributed by atoms with E-state index >= 15 is 0 Å². The third-order valence-corrected chi connectivity index (χ3v) is 5.55. The molecule has 31 heavy (non-hydrogen) atoms. The number of carbonyl (C=O) groups is 1. The fourth-order valence-corrected chi connectivity index (χ4v) is 3.45. The van der Waals surface area contributed by atoms with Crippen molar-refractivity contribution in [2.75, 3.05) is 18.5 Å². The van der Waals surface area contributed by atoms with Crippen LogP contribution in [-0.2, 0) is 28.6 Å². The largest absolute Gasteiger partial charge is 0.447 e. The van der Waals surface area contributed by atoms with E-state index in [9.17, 15) is 35.2 Å². The van der Waals surface area contributed by atoms with E-state index in [1.165, 1.54) is 30.3 Å².